The fourth-order valence-electron chi connectivity index (χ4n) is 13.0. The third-order valence-electron chi connectivity index (χ3n) is 18.0. The fraction of sp³-hybridized carbons (Fsp3) is 0.449. The van der Waals surface area contributed by atoms with Gasteiger partial charge < -0.3 is 71.1 Å². The lowest BCUT2D eigenvalue weighted by atomic mass is 9.89. The van der Waals surface area contributed by atoms with Crippen LogP contribution < -0.4 is 0 Å². The van der Waals surface area contributed by atoms with Gasteiger partial charge in [-0.25, -0.2) is 0 Å². The number of carbonyl (C=O) groups is 1. The van der Waals surface area contributed by atoms with E-state index in [2.05, 4.69) is 31.2 Å². The van der Waals surface area contributed by atoms with Crippen LogP contribution in [0.2, 0.25) is 0 Å². The van der Waals surface area contributed by atoms with Crippen LogP contribution in [0.25, 0.3) is 0 Å². The topological polar surface area (TPSA) is 156 Å². The number of ether oxygens (including phenoxy) is 15. The molecule has 0 aromatic heterocycles. The van der Waals surface area contributed by atoms with Gasteiger partial charge in [0.15, 0.2) is 25.0 Å². The molecule has 0 saturated carbocycles. The second kappa shape index (κ2) is 34.4. The van der Waals surface area contributed by atoms with Gasteiger partial charge in [0.25, 0.3) is 0 Å². The van der Waals surface area contributed by atoms with E-state index in [-0.39, 0.29) is 33.0 Å². The molecule has 7 aromatic carbocycles. The maximum atomic E-state index is 13.2. The molecule has 0 spiro atoms. The molecule has 7 aromatic rings. The van der Waals surface area contributed by atoms with Crippen LogP contribution in [0.3, 0.4) is 0 Å². The molecule has 4 heterocycles. The highest BCUT2D eigenvalue weighted by atomic mass is 16.8. The molecule has 94 heavy (non-hydrogen) atoms. The summed E-state index contributed by atoms with van der Waals surface area (Å²) >= 11 is 0. The van der Waals surface area contributed by atoms with E-state index in [1.807, 2.05) is 223 Å². The Hall–Kier alpha value is -6.55. The Balaban J connectivity index is 0.959. The summed E-state index contributed by atoms with van der Waals surface area (Å²) in [5.74, 6) is -1.51. The van der Waals surface area contributed by atoms with Crippen LogP contribution in [0.15, 0.2) is 212 Å². The summed E-state index contributed by atoms with van der Waals surface area (Å²) in [4.78, 5) is 13.2. The van der Waals surface area contributed by atoms with Crippen molar-refractivity contribution in [1.82, 2.24) is 0 Å². The van der Waals surface area contributed by atoms with Gasteiger partial charge in [0.05, 0.1) is 89.5 Å². The Morgan fingerprint density at radius 2 is 0.596 bits per heavy atom. The number of hydrogen-bond donors (Lipinski definition) is 0. The van der Waals surface area contributed by atoms with Gasteiger partial charge in [0, 0.05) is 18.8 Å². The van der Waals surface area contributed by atoms with E-state index in [1.165, 1.54) is 6.92 Å². The number of hydrogen-bond acceptors (Lipinski definition) is 16. The fourth-order valence-corrected chi connectivity index (χ4v) is 13.0. The van der Waals surface area contributed by atoms with Crippen LogP contribution in [0.1, 0.15) is 87.4 Å². The number of carbonyl (C=O) groups excluding carboxylic acids is 1. The minimum atomic E-state index is -1.21. The van der Waals surface area contributed by atoms with Crippen molar-refractivity contribution >= 4 is 5.97 Å². The molecule has 0 bridgehead atoms. The van der Waals surface area contributed by atoms with Crippen molar-refractivity contribution in [3.8, 4) is 0 Å². The highest BCUT2D eigenvalue weighted by molar-refractivity contribution is 5.66. The summed E-state index contributed by atoms with van der Waals surface area (Å²) in [6.07, 6.45) is -14.0. The minimum absolute atomic E-state index is 0.173. The average Bonchev–Trinajstić information content (AvgIpc) is 0.801. The van der Waals surface area contributed by atoms with Crippen molar-refractivity contribution in [2.75, 3.05) is 6.61 Å². The predicted molar refractivity (Wildman–Crippen MR) is 352 cm³/mol. The van der Waals surface area contributed by atoms with Crippen LogP contribution in [0, 0.1) is 11.8 Å². The van der Waals surface area contributed by atoms with Gasteiger partial charge >= 0.3 is 5.97 Å². The summed E-state index contributed by atoms with van der Waals surface area (Å²) in [7, 11) is 0. The van der Waals surface area contributed by atoms with Crippen molar-refractivity contribution in [3.63, 3.8) is 0 Å². The Morgan fingerprint density at radius 3 is 1.02 bits per heavy atom. The zero-order valence-corrected chi connectivity index (χ0v) is 54.9. The molecule has 20 atom stereocenters. The lowest BCUT2D eigenvalue weighted by Gasteiger charge is -2.52. The van der Waals surface area contributed by atoms with Crippen LogP contribution in [-0.2, 0) is 122 Å². The summed E-state index contributed by atoms with van der Waals surface area (Å²) in [5, 5.41) is 0. The van der Waals surface area contributed by atoms with Crippen LogP contribution >= 0.6 is 0 Å². The highest BCUT2D eigenvalue weighted by Gasteiger charge is 2.56. The van der Waals surface area contributed by atoms with Crippen molar-refractivity contribution < 1.29 is 75.8 Å². The Bertz CT molecular complexity index is 3290. The molecule has 11 rings (SSSR count). The molecule has 500 valence electrons. The smallest absolute Gasteiger partial charge is 0.303 e. The van der Waals surface area contributed by atoms with E-state index in [0.29, 0.717) is 19.8 Å². The summed E-state index contributed by atoms with van der Waals surface area (Å²) in [6.45, 7) is 15.3. The first-order valence-corrected chi connectivity index (χ1v) is 33.2. The molecule has 0 N–H and O–H groups in total. The molecule has 4 fully saturated rings. The van der Waals surface area contributed by atoms with Crippen molar-refractivity contribution in [2.45, 2.75) is 205 Å². The lowest BCUT2D eigenvalue weighted by molar-refractivity contribution is -0.390. The van der Waals surface area contributed by atoms with Crippen molar-refractivity contribution in [1.29, 1.82) is 0 Å². The molecule has 0 radical (unpaired) electrons. The van der Waals surface area contributed by atoms with Gasteiger partial charge in [-0.15, -0.1) is 0 Å². The molecule has 4 aliphatic rings. The first-order valence-electron chi connectivity index (χ1n) is 33.2. The third kappa shape index (κ3) is 18.5. The first kappa shape index (κ1) is 68.8. The molecule has 4 aliphatic heterocycles. The second-order valence-corrected chi connectivity index (χ2v) is 25.2. The zero-order valence-electron chi connectivity index (χ0n) is 54.9. The molecule has 0 aliphatic carbocycles. The van der Waals surface area contributed by atoms with E-state index in [1.54, 1.807) is 0 Å². The summed E-state index contributed by atoms with van der Waals surface area (Å²) < 4.78 is 105. The van der Waals surface area contributed by atoms with Gasteiger partial charge in [-0.2, -0.15) is 0 Å². The summed E-state index contributed by atoms with van der Waals surface area (Å²) in [5.41, 5.74) is 6.87. The van der Waals surface area contributed by atoms with Gasteiger partial charge in [-0.05, 0) is 66.6 Å². The van der Waals surface area contributed by atoms with E-state index in [9.17, 15) is 4.79 Å². The molecule has 16 nitrogen and oxygen atoms in total. The van der Waals surface area contributed by atoms with Gasteiger partial charge in [0.1, 0.15) is 48.8 Å². The predicted octanol–water partition coefficient (Wildman–Crippen LogP) is 13.1. The standard InChI is InChI=1S/C78H92O16/c1-51-66(81-44-59-31-17-9-18-32-59)72(85-48-63-39-25-13-26-40-63)65(50-80-43-58-29-15-8-16-30-58)91-77(51)92-67-52(2)76(88-54(4)68(67)82-45-60-33-19-10-20-34-60)94-75-73(86-49-64-41-27-14-28-42-64)69(83-46-61-35-21-11-22-36-61)55(5)89-78(75)93-74-70(84-47-62-37-23-12-24-38-62)53(3)87-56(6)71(74)90-57(7)79/h8-42,51-56,65-78H,43-50H2,1-7H3/t51?,52-,53?,54?,55?,56-,65?,66?,67?,68-,69-,70-,71+,72+,73?,74?,75-,76-,77+,78-/m0/s1. The summed E-state index contributed by atoms with van der Waals surface area (Å²) in [6, 6.07) is 70.2. The highest BCUT2D eigenvalue weighted by Crippen LogP contribution is 2.42. The maximum Gasteiger partial charge on any atom is 0.303 e. The SMILES string of the molecule is CC(=O)O[C@H]1C(O[C@@H]2OC(C)[C@H](OCc3ccccc3)C(OCc3ccccc3)[C@@H]2O[C@@H]2OC(C)[C@H](OCc3ccccc3)C(O[C@H]3OC(COCc4ccccc4)[C@@H](OCc4ccccc4)C(OCc4ccccc4)C3C)[C@@H]2C)[C@@H](OCc2ccccc2)C(C)O[C@H]1C. The normalized spacial score (nSPS) is 31.1. The van der Waals surface area contributed by atoms with Crippen LogP contribution in [0.4, 0.5) is 0 Å². The molecule has 0 amide bonds. The van der Waals surface area contributed by atoms with Gasteiger partial charge in [0.2, 0.25) is 0 Å². The van der Waals surface area contributed by atoms with E-state index < -0.39 is 128 Å². The van der Waals surface area contributed by atoms with Gasteiger partial charge in [-0.3, -0.25) is 4.79 Å². The molecule has 4 saturated heterocycles. The number of rotatable bonds is 29. The Kier molecular flexibility index (Phi) is 25.2. The largest absolute Gasteiger partial charge is 0.457 e. The molecule has 16 heteroatoms. The van der Waals surface area contributed by atoms with Crippen LogP contribution in [0.5, 0.6) is 0 Å². The number of esters is 1. The average molecular weight is 1290 g/mol. The number of benzene rings is 7. The Morgan fingerprint density at radius 1 is 0.298 bits per heavy atom. The maximum absolute atomic E-state index is 13.2. The Labute approximate surface area is 554 Å². The van der Waals surface area contributed by atoms with E-state index in [4.69, 9.17) is 71.1 Å². The molecular weight excluding hydrogens is 1190 g/mol. The second-order valence-electron chi connectivity index (χ2n) is 25.2. The van der Waals surface area contributed by atoms with Crippen molar-refractivity contribution in [2.24, 2.45) is 11.8 Å². The first-order chi connectivity index (χ1) is 45.9. The molecular formula is C78H92O16. The monoisotopic (exact) mass is 1280 g/mol. The van der Waals surface area contributed by atoms with E-state index >= 15 is 0 Å². The van der Waals surface area contributed by atoms with Gasteiger partial charge in [-0.1, -0.05) is 226 Å². The zero-order chi connectivity index (χ0) is 65.2. The third-order valence-corrected chi connectivity index (χ3v) is 18.0. The quantitative estimate of drug-likeness (QED) is 0.0408. The lowest BCUT2D eigenvalue weighted by Crippen LogP contribution is -2.66. The van der Waals surface area contributed by atoms with Crippen molar-refractivity contribution in [3.05, 3.63) is 251 Å². The van der Waals surface area contributed by atoms with E-state index in [0.717, 1.165) is 38.9 Å². The van der Waals surface area contributed by atoms with Crippen LogP contribution in [-0.4, -0.2) is 123 Å². The minimum Gasteiger partial charge on any atom is -0.457 e. The molecule has 9 unspecified atom stereocenters.